The first-order chi connectivity index (χ1) is 6.96. The van der Waals surface area contributed by atoms with Gasteiger partial charge in [0.25, 0.3) is 0 Å². The summed E-state index contributed by atoms with van der Waals surface area (Å²) in [5, 5.41) is 0. The summed E-state index contributed by atoms with van der Waals surface area (Å²) in [6.45, 7) is 12.3. The second-order valence-electron chi connectivity index (χ2n) is 4.63. The van der Waals surface area contributed by atoms with E-state index in [1.807, 2.05) is 13.8 Å². The summed E-state index contributed by atoms with van der Waals surface area (Å²) in [5.41, 5.74) is -0.509. The van der Waals surface area contributed by atoms with Gasteiger partial charge in [-0.2, -0.15) is 0 Å². The molecule has 88 valence electrons. The van der Waals surface area contributed by atoms with Crippen LogP contribution in [0.1, 0.15) is 47.0 Å². The number of esters is 1. The summed E-state index contributed by atoms with van der Waals surface area (Å²) < 4.78 is 5.05. The number of hydrogen-bond acceptors (Lipinski definition) is 2. The fourth-order valence-corrected chi connectivity index (χ4v) is 1.46. The molecule has 0 aliphatic rings. The van der Waals surface area contributed by atoms with Gasteiger partial charge >= 0.3 is 5.97 Å². The molecule has 0 saturated heterocycles. The van der Waals surface area contributed by atoms with Crippen molar-refractivity contribution in [2.24, 2.45) is 11.3 Å². The fraction of sp³-hybridized carbons (Fsp3) is 0.769. The molecule has 15 heavy (non-hydrogen) atoms. The zero-order valence-electron chi connectivity index (χ0n) is 10.5. The van der Waals surface area contributed by atoms with Crippen molar-refractivity contribution < 1.29 is 9.53 Å². The minimum atomic E-state index is -0.509. The van der Waals surface area contributed by atoms with Gasteiger partial charge < -0.3 is 4.74 Å². The highest BCUT2D eigenvalue weighted by Gasteiger charge is 2.30. The molecule has 0 aliphatic heterocycles. The van der Waals surface area contributed by atoms with Gasteiger partial charge in [-0.05, 0) is 26.2 Å². The molecular weight excluding hydrogens is 188 g/mol. The zero-order valence-corrected chi connectivity index (χ0v) is 10.5. The maximum atomic E-state index is 11.7. The average Bonchev–Trinajstić information content (AvgIpc) is 2.17. The van der Waals surface area contributed by atoms with Crippen LogP contribution in [-0.4, -0.2) is 12.6 Å². The number of hydrogen-bond donors (Lipinski definition) is 0. The van der Waals surface area contributed by atoms with Crippen LogP contribution in [0.25, 0.3) is 0 Å². The molecule has 1 unspecified atom stereocenters. The quantitative estimate of drug-likeness (QED) is 0.476. The van der Waals surface area contributed by atoms with Crippen molar-refractivity contribution in [3.63, 3.8) is 0 Å². The van der Waals surface area contributed by atoms with Gasteiger partial charge in [0, 0.05) is 0 Å². The van der Waals surface area contributed by atoms with Gasteiger partial charge in [-0.3, -0.25) is 4.79 Å². The molecule has 0 radical (unpaired) electrons. The maximum absolute atomic E-state index is 11.7. The normalized spacial score (nSPS) is 14.7. The van der Waals surface area contributed by atoms with Gasteiger partial charge in [0.15, 0.2) is 0 Å². The van der Waals surface area contributed by atoms with Crippen LogP contribution in [0.2, 0.25) is 0 Å². The van der Waals surface area contributed by atoms with E-state index in [2.05, 4.69) is 20.4 Å². The van der Waals surface area contributed by atoms with Crippen LogP contribution in [0.5, 0.6) is 0 Å². The van der Waals surface area contributed by atoms with E-state index in [-0.39, 0.29) is 5.97 Å². The van der Waals surface area contributed by atoms with Crippen molar-refractivity contribution in [3.05, 3.63) is 12.7 Å². The first kappa shape index (κ1) is 14.2. The lowest BCUT2D eigenvalue weighted by Gasteiger charge is -2.23. The molecule has 0 aromatic rings. The summed E-state index contributed by atoms with van der Waals surface area (Å²) in [7, 11) is 0. The zero-order chi connectivity index (χ0) is 11.9. The summed E-state index contributed by atoms with van der Waals surface area (Å²) in [6, 6.07) is 0. The Morgan fingerprint density at radius 1 is 1.53 bits per heavy atom. The highest BCUT2D eigenvalue weighted by atomic mass is 16.5. The largest absolute Gasteiger partial charge is 0.465 e. The number of carbonyl (C=O) groups excluding carboxylic acids is 1. The Bertz CT molecular complexity index is 209. The Morgan fingerprint density at radius 2 is 2.13 bits per heavy atom. The second kappa shape index (κ2) is 6.65. The van der Waals surface area contributed by atoms with Crippen LogP contribution < -0.4 is 0 Å². The smallest absolute Gasteiger partial charge is 0.315 e. The van der Waals surface area contributed by atoms with Crippen LogP contribution in [0.3, 0.4) is 0 Å². The summed E-state index contributed by atoms with van der Waals surface area (Å²) >= 11 is 0. The van der Waals surface area contributed by atoms with Crippen molar-refractivity contribution >= 4 is 5.97 Å². The molecule has 0 amide bonds. The van der Waals surface area contributed by atoms with Crippen molar-refractivity contribution in [3.8, 4) is 0 Å². The first-order valence-electron chi connectivity index (χ1n) is 5.77. The first-order valence-corrected chi connectivity index (χ1v) is 5.77. The molecule has 0 saturated carbocycles. The summed E-state index contributed by atoms with van der Waals surface area (Å²) in [6.07, 6.45) is 4.72. The Kier molecular flexibility index (Phi) is 6.30. The van der Waals surface area contributed by atoms with E-state index < -0.39 is 5.41 Å². The number of rotatable bonds is 7. The van der Waals surface area contributed by atoms with Gasteiger partial charge in [-0.25, -0.2) is 0 Å². The second-order valence-corrected chi connectivity index (χ2v) is 4.63. The van der Waals surface area contributed by atoms with Crippen LogP contribution >= 0.6 is 0 Å². The van der Waals surface area contributed by atoms with Crippen LogP contribution in [0, 0.1) is 11.3 Å². The number of carbonyl (C=O) groups is 1. The topological polar surface area (TPSA) is 26.3 Å². The summed E-state index contributed by atoms with van der Waals surface area (Å²) in [5.74, 6) is 0.532. The van der Waals surface area contributed by atoms with Gasteiger partial charge in [0.2, 0.25) is 0 Å². The highest BCUT2D eigenvalue weighted by molar-refractivity contribution is 5.78. The molecule has 2 heteroatoms. The molecule has 0 bridgehead atoms. The molecule has 0 spiro atoms. The molecule has 0 aliphatic carbocycles. The molecular formula is C13H24O2. The van der Waals surface area contributed by atoms with Crippen molar-refractivity contribution in [2.75, 3.05) is 6.61 Å². The average molecular weight is 212 g/mol. The van der Waals surface area contributed by atoms with Crippen molar-refractivity contribution in [1.29, 1.82) is 0 Å². The SMILES string of the molecule is C=CC(C)(CCCC(C)C)C(=O)OCC. The third-order valence-corrected chi connectivity index (χ3v) is 2.67. The van der Waals surface area contributed by atoms with Crippen molar-refractivity contribution in [1.82, 2.24) is 0 Å². The lowest BCUT2D eigenvalue weighted by molar-refractivity contribution is -0.152. The molecule has 0 heterocycles. The highest BCUT2D eigenvalue weighted by Crippen LogP contribution is 2.28. The molecule has 0 aromatic heterocycles. The van der Waals surface area contributed by atoms with E-state index in [1.165, 1.54) is 0 Å². The number of ether oxygens (including phenoxy) is 1. The van der Waals surface area contributed by atoms with Gasteiger partial charge in [-0.15, -0.1) is 6.58 Å². The van der Waals surface area contributed by atoms with Crippen molar-refractivity contribution in [2.45, 2.75) is 47.0 Å². The van der Waals surface area contributed by atoms with E-state index in [4.69, 9.17) is 4.74 Å². The Balaban J connectivity index is 4.18. The molecule has 0 rings (SSSR count). The third-order valence-electron chi connectivity index (χ3n) is 2.67. The standard InChI is InChI=1S/C13H24O2/c1-6-13(5,12(14)15-7-2)10-8-9-11(3)4/h6,11H,1,7-10H2,2-5H3. The Morgan fingerprint density at radius 3 is 2.53 bits per heavy atom. The monoisotopic (exact) mass is 212 g/mol. The van der Waals surface area contributed by atoms with Gasteiger partial charge in [0.1, 0.15) is 0 Å². The van der Waals surface area contributed by atoms with E-state index >= 15 is 0 Å². The van der Waals surface area contributed by atoms with Gasteiger partial charge in [0.05, 0.1) is 12.0 Å². The molecule has 0 aromatic carbocycles. The van der Waals surface area contributed by atoms with Crippen LogP contribution in [0.4, 0.5) is 0 Å². The minimum absolute atomic E-state index is 0.149. The molecule has 0 N–H and O–H groups in total. The van der Waals surface area contributed by atoms with E-state index in [9.17, 15) is 4.79 Å². The van der Waals surface area contributed by atoms with Crippen LogP contribution in [-0.2, 0) is 9.53 Å². The predicted octanol–water partition coefficient (Wildman–Crippen LogP) is 3.57. The summed E-state index contributed by atoms with van der Waals surface area (Å²) in [4.78, 5) is 11.7. The Labute approximate surface area is 93.7 Å². The lowest BCUT2D eigenvalue weighted by Crippen LogP contribution is -2.27. The van der Waals surface area contributed by atoms with E-state index in [0.717, 1.165) is 19.3 Å². The predicted molar refractivity (Wildman–Crippen MR) is 63.6 cm³/mol. The fourth-order valence-electron chi connectivity index (χ4n) is 1.46. The molecule has 0 fully saturated rings. The van der Waals surface area contributed by atoms with Crippen LogP contribution in [0.15, 0.2) is 12.7 Å². The maximum Gasteiger partial charge on any atom is 0.315 e. The van der Waals surface area contributed by atoms with E-state index in [0.29, 0.717) is 12.5 Å². The Hall–Kier alpha value is -0.790. The van der Waals surface area contributed by atoms with E-state index in [1.54, 1.807) is 6.08 Å². The minimum Gasteiger partial charge on any atom is -0.465 e. The third kappa shape index (κ3) is 5.01. The molecule has 2 nitrogen and oxygen atoms in total. The van der Waals surface area contributed by atoms with Gasteiger partial charge in [-0.1, -0.05) is 32.8 Å². The molecule has 1 atom stereocenters. The lowest BCUT2D eigenvalue weighted by atomic mass is 9.84.